The van der Waals surface area contributed by atoms with Gasteiger partial charge in [-0.25, -0.2) is 0 Å². The van der Waals surface area contributed by atoms with Gasteiger partial charge >= 0.3 is 5.69 Å². The summed E-state index contributed by atoms with van der Waals surface area (Å²) in [6, 6.07) is 4.47. The van der Waals surface area contributed by atoms with Crippen molar-refractivity contribution in [3.63, 3.8) is 0 Å². The maximum Gasteiger partial charge on any atom is 0.314 e. The number of rotatable bonds is 4. The van der Waals surface area contributed by atoms with Crippen LogP contribution in [0.2, 0.25) is 0 Å². The van der Waals surface area contributed by atoms with Crippen LogP contribution in [-0.2, 0) is 0 Å². The van der Waals surface area contributed by atoms with Gasteiger partial charge in [0.1, 0.15) is 11.9 Å². The Morgan fingerprint density at radius 1 is 1.47 bits per heavy atom. The van der Waals surface area contributed by atoms with Crippen LogP contribution in [0.3, 0.4) is 0 Å². The van der Waals surface area contributed by atoms with Crippen LogP contribution in [0, 0.1) is 15.5 Å². The lowest BCUT2D eigenvalue weighted by molar-refractivity contribution is -0.386. The lowest BCUT2D eigenvalue weighted by Gasteiger charge is -2.48. The van der Waals surface area contributed by atoms with E-state index in [2.05, 4.69) is 0 Å². The van der Waals surface area contributed by atoms with E-state index in [0.717, 1.165) is 0 Å². The molecule has 1 aliphatic rings. The molecule has 104 valence electrons. The van der Waals surface area contributed by atoms with Crippen molar-refractivity contribution in [1.29, 1.82) is 0 Å². The molecule has 1 fully saturated rings. The Labute approximate surface area is 111 Å². The fourth-order valence-electron chi connectivity index (χ4n) is 2.08. The molecule has 1 aromatic carbocycles. The Morgan fingerprint density at radius 2 is 2.16 bits per heavy atom. The van der Waals surface area contributed by atoms with Crippen molar-refractivity contribution in [2.75, 3.05) is 7.11 Å². The molecule has 1 saturated carbocycles. The highest BCUT2D eigenvalue weighted by molar-refractivity contribution is 5.51. The number of hydrogen-bond acceptors (Lipinski definition) is 5. The highest BCUT2D eigenvalue weighted by atomic mass is 16.6. The molecule has 0 heterocycles. The minimum Gasteiger partial charge on any atom is -0.496 e. The number of nitro groups is 1. The summed E-state index contributed by atoms with van der Waals surface area (Å²) in [7, 11) is 1.45. The summed E-state index contributed by atoms with van der Waals surface area (Å²) in [6.45, 7) is 3.75. The summed E-state index contributed by atoms with van der Waals surface area (Å²) in [6.07, 6.45) is -0.180. The lowest BCUT2D eigenvalue weighted by Crippen LogP contribution is -2.56. The van der Waals surface area contributed by atoms with Crippen molar-refractivity contribution in [3.8, 4) is 11.5 Å². The van der Waals surface area contributed by atoms with Crippen LogP contribution in [-0.4, -0.2) is 29.3 Å². The summed E-state index contributed by atoms with van der Waals surface area (Å²) in [5, 5.41) is 20.7. The third-order valence-electron chi connectivity index (χ3n) is 3.76. The van der Waals surface area contributed by atoms with E-state index in [0.29, 0.717) is 12.2 Å². The molecule has 1 aliphatic carbocycles. The number of aliphatic hydroxyl groups is 1. The maximum atomic E-state index is 11.0. The van der Waals surface area contributed by atoms with Crippen LogP contribution in [0.25, 0.3) is 0 Å². The number of ether oxygens (including phenoxy) is 2. The van der Waals surface area contributed by atoms with Crippen LogP contribution >= 0.6 is 0 Å². The zero-order valence-corrected chi connectivity index (χ0v) is 11.1. The Hall–Kier alpha value is -1.82. The number of hydrogen-bond donors (Lipinski definition) is 1. The Kier molecular flexibility index (Phi) is 3.36. The van der Waals surface area contributed by atoms with Gasteiger partial charge in [-0.05, 0) is 12.1 Å². The van der Waals surface area contributed by atoms with Gasteiger partial charge in [-0.15, -0.1) is 0 Å². The van der Waals surface area contributed by atoms with E-state index in [4.69, 9.17) is 9.47 Å². The standard InChI is InChI=1S/C13H17NO5/c1-13(2)11(15)7-12(13)19-10-5-4-8(18-3)6-9(10)14(16)17/h4-6,11-12,15H,7H2,1-3H3. The Morgan fingerprint density at radius 3 is 2.63 bits per heavy atom. The third-order valence-corrected chi connectivity index (χ3v) is 3.76. The van der Waals surface area contributed by atoms with Gasteiger partial charge in [0, 0.05) is 11.8 Å². The molecule has 1 aromatic rings. The number of nitrogens with zero attached hydrogens (tertiary/aromatic N) is 1. The van der Waals surface area contributed by atoms with Gasteiger partial charge in [0.05, 0.1) is 24.2 Å². The van der Waals surface area contributed by atoms with Gasteiger partial charge in [0.15, 0.2) is 5.75 Å². The predicted molar refractivity (Wildman–Crippen MR) is 68.5 cm³/mol. The zero-order chi connectivity index (χ0) is 14.2. The average Bonchev–Trinajstić information content (AvgIpc) is 2.38. The summed E-state index contributed by atoms with van der Waals surface area (Å²) >= 11 is 0. The van der Waals surface area contributed by atoms with E-state index in [1.807, 2.05) is 13.8 Å². The van der Waals surface area contributed by atoms with Crippen molar-refractivity contribution in [2.24, 2.45) is 5.41 Å². The molecule has 0 aromatic heterocycles. The molecule has 19 heavy (non-hydrogen) atoms. The van der Waals surface area contributed by atoms with Gasteiger partial charge < -0.3 is 14.6 Å². The largest absolute Gasteiger partial charge is 0.496 e. The summed E-state index contributed by atoms with van der Waals surface area (Å²) in [4.78, 5) is 10.5. The molecule has 2 unspecified atom stereocenters. The third kappa shape index (κ3) is 2.35. The monoisotopic (exact) mass is 267 g/mol. The number of benzene rings is 1. The molecule has 0 aliphatic heterocycles. The molecule has 0 saturated heterocycles. The average molecular weight is 267 g/mol. The molecule has 0 bridgehead atoms. The van der Waals surface area contributed by atoms with Gasteiger partial charge in [0.2, 0.25) is 0 Å². The number of methoxy groups -OCH3 is 1. The quantitative estimate of drug-likeness (QED) is 0.667. The second-order valence-corrected chi connectivity index (χ2v) is 5.27. The van der Waals surface area contributed by atoms with E-state index in [9.17, 15) is 15.2 Å². The minimum atomic E-state index is -0.500. The first kappa shape index (κ1) is 13.6. The fraction of sp³-hybridized carbons (Fsp3) is 0.538. The first-order valence-electron chi connectivity index (χ1n) is 6.03. The fourth-order valence-corrected chi connectivity index (χ4v) is 2.08. The van der Waals surface area contributed by atoms with E-state index in [1.165, 1.54) is 19.2 Å². The highest BCUT2D eigenvalue weighted by Gasteiger charge is 2.49. The SMILES string of the molecule is COc1ccc(OC2CC(O)C2(C)C)c([N+](=O)[O-])c1. The van der Waals surface area contributed by atoms with Crippen molar-refractivity contribution < 1.29 is 19.5 Å². The zero-order valence-electron chi connectivity index (χ0n) is 11.1. The van der Waals surface area contributed by atoms with Gasteiger partial charge in [0.25, 0.3) is 0 Å². The van der Waals surface area contributed by atoms with Crippen molar-refractivity contribution >= 4 is 5.69 Å². The first-order valence-corrected chi connectivity index (χ1v) is 6.03. The van der Waals surface area contributed by atoms with Gasteiger partial charge in [-0.2, -0.15) is 0 Å². The van der Waals surface area contributed by atoms with E-state index in [1.54, 1.807) is 6.07 Å². The van der Waals surface area contributed by atoms with E-state index < -0.39 is 16.4 Å². The molecular weight excluding hydrogens is 250 g/mol. The first-order chi connectivity index (χ1) is 8.86. The Bertz CT molecular complexity index is 500. The summed E-state index contributed by atoms with van der Waals surface area (Å²) in [5.41, 5.74) is -0.523. The van der Waals surface area contributed by atoms with E-state index >= 15 is 0 Å². The van der Waals surface area contributed by atoms with E-state index in [-0.39, 0.29) is 17.5 Å². The van der Waals surface area contributed by atoms with Crippen molar-refractivity contribution in [2.45, 2.75) is 32.5 Å². The second-order valence-electron chi connectivity index (χ2n) is 5.27. The molecule has 2 rings (SSSR count). The van der Waals surface area contributed by atoms with Gasteiger partial charge in [-0.1, -0.05) is 13.8 Å². The molecule has 6 heteroatoms. The number of aliphatic hydroxyl groups excluding tert-OH is 1. The van der Waals surface area contributed by atoms with Crippen LogP contribution < -0.4 is 9.47 Å². The predicted octanol–water partition coefficient (Wildman–Crippen LogP) is 2.14. The smallest absolute Gasteiger partial charge is 0.314 e. The molecule has 6 nitrogen and oxygen atoms in total. The molecule has 1 N–H and O–H groups in total. The van der Waals surface area contributed by atoms with Gasteiger partial charge in [-0.3, -0.25) is 10.1 Å². The molecular formula is C13H17NO5. The molecule has 2 atom stereocenters. The molecule has 0 spiro atoms. The highest BCUT2D eigenvalue weighted by Crippen LogP contribution is 2.44. The number of nitro benzene ring substituents is 1. The summed E-state index contributed by atoms with van der Waals surface area (Å²) < 4.78 is 10.6. The van der Waals surface area contributed by atoms with Crippen molar-refractivity contribution in [3.05, 3.63) is 28.3 Å². The van der Waals surface area contributed by atoms with Crippen molar-refractivity contribution in [1.82, 2.24) is 0 Å². The Balaban J connectivity index is 2.23. The normalized spacial score (nSPS) is 24.4. The topological polar surface area (TPSA) is 81.8 Å². The summed E-state index contributed by atoms with van der Waals surface area (Å²) in [5.74, 6) is 0.614. The molecule has 0 amide bonds. The molecule has 0 radical (unpaired) electrons. The second kappa shape index (κ2) is 4.70. The van der Waals surface area contributed by atoms with Crippen LogP contribution in [0.1, 0.15) is 20.3 Å². The lowest BCUT2D eigenvalue weighted by atomic mass is 9.66. The van der Waals surface area contributed by atoms with Crippen LogP contribution in [0.4, 0.5) is 5.69 Å². The van der Waals surface area contributed by atoms with Crippen LogP contribution in [0.15, 0.2) is 18.2 Å². The van der Waals surface area contributed by atoms with Crippen LogP contribution in [0.5, 0.6) is 11.5 Å². The minimum absolute atomic E-state index is 0.128. The maximum absolute atomic E-state index is 11.0.